The monoisotopic (exact) mass is 1410 g/mol. The molecule has 0 aliphatic heterocycles. The number of amides is 3. The van der Waals surface area contributed by atoms with Crippen LogP contribution in [0.1, 0.15) is 294 Å². The molecule has 3 atom stereocenters. The number of unbranched alkanes of at least 4 members (excludes halogenated alkanes) is 27. The third kappa shape index (κ3) is 55.9. The summed E-state index contributed by atoms with van der Waals surface area (Å²) in [4.78, 5) is 46.7. The van der Waals surface area contributed by atoms with Crippen LogP contribution in [0.15, 0.2) is 57.4 Å². The van der Waals surface area contributed by atoms with E-state index in [1.54, 1.807) is 31.4 Å². The van der Waals surface area contributed by atoms with Crippen molar-refractivity contribution in [3.05, 3.63) is 76.1 Å². The van der Waals surface area contributed by atoms with Gasteiger partial charge in [-0.2, -0.15) is 0 Å². The Hall–Kier alpha value is -2.74. The van der Waals surface area contributed by atoms with E-state index in [0.717, 1.165) is 56.3 Å². The van der Waals surface area contributed by atoms with Crippen LogP contribution in [0.2, 0.25) is 10.4 Å². The number of hydrogen-bond donors (Lipinski definition) is 4. The number of hydrogen-bond acceptors (Lipinski definition) is 16. The fourth-order valence-corrected chi connectivity index (χ4v) is 11.2. The first kappa shape index (κ1) is 92.3. The van der Waals surface area contributed by atoms with Crippen LogP contribution in [0.3, 0.4) is 0 Å². The van der Waals surface area contributed by atoms with Gasteiger partial charge in [-0.15, -0.1) is 0 Å². The van der Waals surface area contributed by atoms with E-state index in [-0.39, 0.29) is 108 Å². The first-order chi connectivity index (χ1) is 43.7. The van der Waals surface area contributed by atoms with Crippen molar-refractivity contribution < 1.29 is 137 Å². The molecular formula is C67H111Cl2N3Na2O17S2. The van der Waals surface area contributed by atoms with Crippen LogP contribution in [0.25, 0.3) is 0 Å². The number of ether oxygens (including phenoxy) is 4. The fraction of sp³-hybridized carbons (Fsp3) is 0.731. The SMILES string of the molecule is CCCCCCCCCCCCC(OC(=O)NCCCC(=O)O)c1ccc(Cl)o1.CCCCCCCCCCCCC(OC(=O)NCCCS(=O)(=O)[O-])c1ccc(Cl)o1.CCCCCCCCCCCCC(OC(=O)NCCCS(=O)(=O)[O-])c1ccc(OC)cc1.[Na+].[Na+]. The van der Waals surface area contributed by atoms with Crippen molar-refractivity contribution in [2.75, 3.05) is 38.2 Å². The summed E-state index contributed by atoms with van der Waals surface area (Å²) in [5, 5.41) is 16.7. The minimum Gasteiger partial charge on any atom is -0.748 e. The molecule has 2 heterocycles. The van der Waals surface area contributed by atoms with Crippen molar-refractivity contribution in [2.24, 2.45) is 0 Å². The van der Waals surface area contributed by atoms with E-state index in [0.29, 0.717) is 37.2 Å². The van der Waals surface area contributed by atoms with Gasteiger partial charge in [0.05, 0.1) is 27.3 Å². The normalized spacial score (nSPS) is 12.0. The zero-order valence-electron chi connectivity index (χ0n) is 57.1. The van der Waals surface area contributed by atoms with Gasteiger partial charge in [0, 0.05) is 37.6 Å². The summed E-state index contributed by atoms with van der Waals surface area (Å²) < 4.78 is 96.3. The number of rotatable bonds is 52. The molecule has 3 rings (SSSR count). The van der Waals surface area contributed by atoms with E-state index in [1.807, 2.05) is 24.3 Å². The second-order valence-corrected chi connectivity index (χ2v) is 27.0. The van der Waals surface area contributed by atoms with Gasteiger partial charge in [-0.1, -0.05) is 206 Å². The van der Waals surface area contributed by atoms with E-state index in [2.05, 4.69) is 36.7 Å². The molecule has 2 aromatic heterocycles. The second kappa shape index (κ2) is 60.4. The Morgan fingerprint density at radius 2 is 0.731 bits per heavy atom. The van der Waals surface area contributed by atoms with E-state index < -0.39 is 74.3 Å². The van der Waals surface area contributed by atoms with Gasteiger partial charge in [0.15, 0.2) is 22.6 Å². The second-order valence-electron chi connectivity index (χ2n) is 23.2. The third-order valence-electron chi connectivity index (χ3n) is 15.0. The Morgan fingerprint density at radius 1 is 0.441 bits per heavy atom. The van der Waals surface area contributed by atoms with Crippen LogP contribution in [0, 0.1) is 0 Å². The molecule has 0 saturated carbocycles. The van der Waals surface area contributed by atoms with Gasteiger partial charge in [0.1, 0.15) is 23.4 Å². The van der Waals surface area contributed by atoms with Gasteiger partial charge in [-0.05, 0) is 123 Å². The van der Waals surface area contributed by atoms with Crippen LogP contribution < -0.4 is 79.8 Å². The number of carbonyl (C=O) groups is 4. The van der Waals surface area contributed by atoms with Crippen LogP contribution in [0.5, 0.6) is 5.75 Å². The molecule has 1 aromatic carbocycles. The maximum Gasteiger partial charge on any atom is 1.00 e. The van der Waals surface area contributed by atoms with Gasteiger partial charge >= 0.3 is 83.4 Å². The topological polar surface area (TPSA) is 302 Å². The van der Waals surface area contributed by atoms with Crippen LogP contribution in [0.4, 0.5) is 14.4 Å². The molecule has 4 N–H and O–H groups in total. The van der Waals surface area contributed by atoms with Gasteiger partial charge in [-0.3, -0.25) is 4.79 Å². The third-order valence-corrected chi connectivity index (χ3v) is 17.0. The summed E-state index contributed by atoms with van der Waals surface area (Å²) in [5.74, 6) is -0.171. The van der Waals surface area contributed by atoms with Crippen molar-refractivity contribution in [1.82, 2.24) is 16.0 Å². The van der Waals surface area contributed by atoms with Crippen molar-refractivity contribution in [1.29, 1.82) is 0 Å². The number of carboxylic acid groups (broad SMARTS) is 1. The van der Waals surface area contributed by atoms with Gasteiger partial charge in [0.2, 0.25) is 0 Å². The van der Waals surface area contributed by atoms with Crippen LogP contribution >= 0.6 is 23.2 Å². The molecule has 93 heavy (non-hydrogen) atoms. The van der Waals surface area contributed by atoms with Crippen molar-refractivity contribution in [3.8, 4) is 5.75 Å². The standard InChI is InChI=1S/C24H41NO6S.C22H36ClNO5.C21H36ClNO6S.2Na/c1-3-4-5-6-7-8-9-10-11-12-14-23(21-15-17-22(30-2)18-16-21)31-24(26)25-19-13-20-32(27,28)29;1-2-3-4-5-6-7-8-9-10-11-13-18(19-15-16-20(23)28-19)29-22(27)24-17-12-14-21(25)26;1-2-3-4-5-6-7-8-9-10-11-13-18(19-14-15-20(22)28-19)29-21(24)23-16-12-17-30(25,26)27;;/h15-18,23H,3-14,19-20H2,1-2H3,(H,25,26)(H,27,28,29);15-16,18H,2-14,17H2,1H3,(H,24,27)(H,25,26);14-15,18H,2-13,16-17H2,1H3,(H,23,24)(H,25,26,27);;/q;;;2*+1/p-2. The number of nitrogens with one attached hydrogen (secondary N) is 3. The molecule has 3 aromatic rings. The molecule has 0 saturated heterocycles. The van der Waals surface area contributed by atoms with Crippen molar-refractivity contribution >= 4 is 67.7 Å². The summed E-state index contributed by atoms with van der Waals surface area (Å²) in [5.41, 5.74) is 0.888. The van der Waals surface area contributed by atoms with Gasteiger partial charge in [-0.25, -0.2) is 31.2 Å². The quantitative estimate of drug-likeness (QED) is 0.0177. The molecule has 0 aliphatic rings. The number of carbonyl (C=O) groups excluding carboxylic acids is 3. The summed E-state index contributed by atoms with van der Waals surface area (Å²) in [6.07, 6.45) is 36.0. The number of benzene rings is 1. The largest absolute Gasteiger partial charge is 1.00 e. The molecule has 0 aliphatic carbocycles. The Morgan fingerprint density at radius 3 is 1.01 bits per heavy atom. The number of methoxy groups -OCH3 is 1. The molecular weight excluding hydrogens is 1300 g/mol. The number of alkyl carbamates (subject to hydrolysis) is 3. The van der Waals surface area contributed by atoms with E-state index in [1.165, 1.54) is 148 Å². The van der Waals surface area contributed by atoms with Gasteiger partial charge < -0.3 is 57.9 Å². The zero-order chi connectivity index (χ0) is 67.2. The molecule has 3 unspecified atom stereocenters. The summed E-state index contributed by atoms with van der Waals surface area (Å²) in [6, 6.07) is 14.1. The average Bonchev–Trinajstić information content (AvgIpc) is 3.52. The molecule has 3 amide bonds. The Labute approximate surface area is 612 Å². The number of aliphatic carboxylic acids is 1. The Bertz CT molecular complexity index is 2550. The summed E-state index contributed by atoms with van der Waals surface area (Å²) in [6.45, 7) is 7.07. The Kier molecular flexibility index (Phi) is 60.0. The van der Waals surface area contributed by atoms with E-state index >= 15 is 0 Å². The molecule has 26 heteroatoms. The minimum absolute atomic E-state index is 0. The molecule has 0 spiro atoms. The number of furan rings is 2. The van der Waals surface area contributed by atoms with Crippen LogP contribution in [-0.4, -0.2) is 93.5 Å². The fourth-order valence-electron chi connectivity index (χ4n) is 9.91. The summed E-state index contributed by atoms with van der Waals surface area (Å²) >= 11 is 11.7. The molecule has 0 radical (unpaired) electrons. The van der Waals surface area contributed by atoms with Crippen LogP contribution in [-0.2, 0) is 39.2 Å². The number of halogens is 2. The maximum atomic E-state index is 12.2. The summed E-state index contributed by atoms with van der Waals surface area (Å²) in [7, 11) is -6.96. The first-order valence-corrected chi connectivity index (χ1v) is 37.7. The maximum absolute atomic E-state index is 12.2. The molecule has 524 valence electrons. The molecule has 0 fully saturated rings. The van der Waals surface area contributed by atoms with E-state index in [9.17, 15) is 45.1 Å². The molecule has 0 bridgehead atoms. The zero-order valence-corrected chi connectivity index (χ0v) is 64.2. The predicted molar refractivity (Wildman–Crippen MR) is 357 cm³/mol. The van der Waals surface area contributed by atoms with Gasteiger partial charge in [0.25, 0.3) is 0 Å². The van der Waals surface area contributed by atoms with E-state index in [4.69, 9.17) is 56.1 Å². The van der Waals surface area contributed by atoms with Crippen molar-refractivity contribution in [2.45, 2.75) is 277 Å². The van der Waals surface area contributed by atoms with Crippen molar-refractivity contribution in [3.63, 3.8) is 0 Å². The molecule has 20 nitrogen and oxygen atoms in total. The smallest absolute Gasteiger partial charge is 0.748 e. The Balaban J connectivity index is 0. The number of carboxylic acids is 1. The first-order valence-electron chi connectivity index (χ1n) is 33.8. The predicted octanol–water partition coefficient (Wildman–Crippen LogP) is 12.5. The average molecular weight is 1410 g/mol. The minimum atomic E-state index is -4.29.